The first-order valence-corrected chi connectivity index (χ1v) is 6.33. The SMILES string of the molecule is O=C(Nc1ccc(F)c(C(F)(F)F)c1)NC1(C(=O)O)CCC1. The first-order chi connectivity index (χ1) is 10.1. The van der Waals surface area contributed by atoms with E-state index in [1.54, 1.807) is 0 Å². The highest BCUT2D eigenvalue weighted by atomic mass is 19.4. The van der Waals surface area contributed by atoms with Crippen LogP contribution in [0.1, 0.15) is 24.8 Å². The van der Waals surface area contributed by atoms with Gasteiger partial charge in [0.25, 0.3) is 0 Å². The summed E-state index contributed by atoms with van der Waals surface area (Å²) in [6, 6.07) is 1.03. The lowest BCUT2D eigenvalue weighted by Gasteiger charge is -2.38. The second-order valence-corrected chi connectivity index (χ2v) is 5.01. The minimum absolute atomic E-state index is 0.243. The van der Waals surface area contributed by atoms with Crippen LogP contribution in [-0.2, 0) is 11.0 Å². The second kappa shape index (κ2) is 5.47. The van der Waals surface area contributed by atoms with Gasteiger partial charge in [0.15, 0.2) is 0 Å². The number of rotatable bonds is 3. The summed E-state index contributed by atoms with van der Waals surface area (Å²) in [6.45, 7) is 0. The molecule has 1 aromatic carbocycles. The molecule has 2 amide bonds. The van der Waals surface area contributed by atoms with Gasteiger partial charge < -0.3 is 15.7 Å². The third-order valence-electron chi connectivity index (χ3n) is 3.50. The molecule has 0 atom stereocenters. The number of carboxylic acid groups (broad SMARTS) is 1. The molecule has 0 bridgehead atoms. The molecule has 1 aromatic rings. The largest absolute Gasteiger partial charge is 0.480 e. The van der Waals surface area contributed by atoms with Gasteiger partial charge in [-0.1, -0.05) is 0 Å². The van der Waals surface area contributed by atoms with Gasteiger partial charge in [-0.05, 0) is 37.5 Å². The summed E-state index contributed by atoms with van der Waals surface area (Å²) in [7, 11) is 0. The van der Waals surface area contributed by atoms with Crippen LogP contribution in [0.15, 0.2) is 18.2 Å². The summed E-state index contributed by atoms with van der Waals surface area (Å²) < 4.78 is 50.8. The minimum atomic E-state index is -4.89. The van der Waals surface area contributed by atoms with E-state index in [2.05, 4.69) is 10.6 Å². The van der Waals surface area contributed by atoms with Gasteiger partial charge in [-0.3, -0.25) is 0 Å². The first kappa shape index (κ1) is 16.1. The van der Waals surface area contributed by atoms with Crippen molar-refractivity contribution < 1.29 is 32.3 Å². The molecule has 22 heavy (non-hydrogen) atoms. The zero-order valence-corrected chi connectivity index (χ0v) is 11.1. The van der Waals surface area contributed by atoms with Crippen molar-refractivity contribution in [3.63, 3.8) is 0 Å². The standard InChI is InChI=1S/C13H12F4N2O3/c14-9-3-2-7(6-8(9)13(15,16)17)18-11(22)19-12(10(20)21)4-1-5-12/h2-3,6H,1,4-5H2,(H,20,21)(H2,18,19,22). The van der Waals surface area contributed by atoms with Crippen molar-refractivity contribution in [1.29, 1.82) is 0 Å². The topological polar surface area (TPSA) is 78.4 Å². The smallest absolute Gasteiger partial charge is 0.419 e. The molecule has 0 unspecified atom stereocenters. The van der Waals surface area contributed by atoms with E-state index in [-0.39, 0.29) is 18.5 Å². The lowest BCUT2D eigenvalue weighted by Crippen LogP contribution is -2.60. The molecule has 0 aromatic heterocycles. The summed E-state index contributed by atoms with van der Waals surface area (Å²) in [5.41, 5.74) is -3.19. The van der Waals surface area contributed by atoms with Crippen molar-refractivity contribution in [2.24, 2.45) is 0 Å². The Morgan fingerprint density at radius 2 is 1.86 bits per heavy atom. The van der Waals surface area contributed by atoms with E-state index < -0.39 is 35.1 Å². The number of benzene rings is 1. The summed E-state index contributed by atoms with van der Waals surface area (Å²) in [5, 5.41) is 13.4. The van der Waals surface area contributed by atoms with Crippen LogP contribution in [-0.4, -0.2) is 22.6 Å². The Morgan fingerprint density at radius 1 is 1.23 bits per heavy atom. The van der Waals surface area contributed by atoms with Crippen molar-refractivity contribution in [2.75, 3.05) is 5.32 Å². The van der Waals surface area contributed by atoms with E-state index in [4.69, 9.17) is 5.11 Å². The Bertz CT molecular complexity index is 612. The predicted octanol–water partition coefficient (Wildman–Crippen LogP) is 2.97. The maximum atomic E-state index is 13.1. The molecule has 0 radical (unpaired) electrons. The normalized spacial score (nSPS) is 16.5. The van der Waals surface area contributed by atoms with Crippen molar-refractivity contribution in [1.82, 2.24) is 5.32 Å². The number of halogens is 4. The van der Waals surface area contributed by atoms with Crippen molar-refractivity contribution in [3.05, 3.63) is 29.6 Å². The van der Waals surface area contributed by atoms with E-state index >= 15 is 0 Å². The number of aliphatic carboxylic acids is 1. The maximum Gasteiger partial charge on any atom is 0.419 e. The van der Waals surface area contributed by atoms with Crippen LogP contribution in [0.25, 0.3) is 0 Å². The van der Waals surface area contributed by atoms with Crippen LogP contribution < -0.4 is 10.6 Å². The summed E-state index contributed by atoms with van der Waals surface area (Å²) >= 11 is 0. The van der Waals surface area contributed by atoms with Crippen LogP contribution >= 0.6 is 0 Å². The number of anilines is 1. The van der Waals surface area contributed by atoms with Crippen molar-refractivity contribution >= 4 is 17.7 Å². The molecule has 2 rings (SSSR count). The molecule has 0 aliphatic heterocycles. The van der Waals surface area contributed by atoms with Gasteiger partial charge in [0.05, 0.1) is 5.56 Å². The Labute approximate surface area is 122 Å². The van der Waals surface area contributed by atoms with Crippen LogP contribution in [0.3, 0.4) is 0 Å². The fourth-order valence-electron chi connectivity index (χ4n) is 2.12. The minimum Gasteiger partial charge on any atom is -0.480 e. The lowest BCUT2D eigenvalue weighted by atomic mass is 9.77. The van der Waals surface area contributed by atoms with Crippen LogP contribution in [0, 0.1) is 5.82 Å². The van der Waals surface area contributed by atoms with E-state index in [0.717, 1.165) is 6.07 Å². The summed E-state index contributed by atoms with van der Waals surface area (Å²) in [5.74, 6) is -2.66. The van der Waals surface area contributed by atoms with Crippen molar-refractivity contribution in [2.45, 2.75) is 31.0 Å². The van der Waals surface area contributed by atoms with Gasteiger partial charge >= 0.3 is 18.2 Å². The van der Waals surface area contributed by atoms with Gasteiger partial charge in [0.2, 0.25) is 0 Å². The Morgan fingerprint density at radius 3 is 2.32 bits per heavy atom. The fourth-order valence-corrected chi connectivity index (χ4v) is 2.12. The van der Waals surface area contributed by atoms with Crippen LogP contribution in [0.2, 0.25) is 0 Å². The molecule has 9 heteroatoms. The third-order valence-corrected chi connectivity index (χ3v) is 3.50. The number of hydrogen-bond acceptors (Lipinski definition) is 2. The molecule has 1 aliphatic rings. The van der Waals surface area contributed by atoms with Crippen LogP contribution in [0.4, 0.5) is 28.0 Å². The van der Waals surface area contributed by atoms with E-state index in [1.807, 2.05) is 0 Å². The summed E-state index contributed by atoms with van der Waals surface area (Å²) in [6.07, 6.45) is -3.78. The molecule has 1 aliphatic carbocycles. The number of carbonyl (C=O) groups excluding carboxylic acids is 1. The number of carbonyl (C=O) groups is 2. The van der Waals surface area contributed by atoms with E-state index in [9.17, 15) is 27.2 Å². The average molecular weight is 320 g/mol. The number of nitrogens with one attached hydrogen (secondary N) is 2. The molecule has 120 valence electrons. The highest BCUT2D eigenvalue weighted by Gasteiger charge is 2.45. The molecule has 0 saturated heterocycles. The molecule has 0 heterocycles. The monoisotopic (exact) mass is 320 g/mol. The molecule has 0 spiro atoms. The number of urea groups is 1. The Kier molecular flexibility index (Phi) is 3.99. The third kappa shape index (κ3) is 3.12. The predicted molar refractivity (Wildman–Crippen MR) is 67.8 cm³/mol. The van der Waals surface area contributed by atoms with E-state index in [0.29, 0.717) is 18.6 Å². The molecular formula is C13H12F4N2O3. The fraction of sp³-hybridized carbons (Fsp3) is 0.385. The van der Waals surface area contributed by atoms with Gasteiger partial charge in [0, 0.05) is 5.69 Å². The molecule has 3 N–H and O–H groups in total. The highest BCUT2D eigenvalue weighted by Crippen LogP contribution is 2.34. The van der Waals surface area contributed by atoms with Crippen molar-refractivity contribution in [3.8, 4) is 0 Å². The molecular weight excluding hydrogens is 308 g/mol. The number of alkyl halides is 3. The zero-order chi connectivity index (χ0) is 16.5. The van der Waals surface area contributed by atoms with Gasteiger partial charge in [0.1, 0.15) is 11.4 Å². The second-order valence-electron chi connectivity index (χ2n) is 5.01. The maximum absolute atomic E-state index is 13.1. The van der Waals surface area contributed by atoms with E-state index in [1.165, 1.54) is 0 Å². The quantitative estimate of drug-likeness (QED) is 0.749. The highest BCUT2D eigenvalue weighted by molar-refractivity contribution is 5.94. The summed E-state index contributed by atoms with van der Waals surface area (Å²) in [4.78, 5) is 22.8. The van der Waals surface area contributed by atoms with Crippen LogP contribution in [0.5, 0.6) is 0 Å². The Hall–Kier alpha value is -2.32. The number of amides is 2. The lowest BCUT2D eigenvalue weighted by molar-refractivity contribution is -0.148. The zero-order valence-electron chi connectivity index (χ0n) is 11.1. The number of carboxylic acids is 1. The molecule has 5 nitrogen and oxygen atoms in total. The van der Waals surface area contributed by atoms with Gasteiger partial charge in [-0.2, -0.15) is 13.2 Å². The molecule has 1 fully saturated rings. The van der Waals surface area contributed by atoms with Gasteiger partial charge in [-0.15, -0.1) is 0 Å². The van der Waals surface area contributed by atoms with Gasteiger partial charge in [-0.25, -0.2) is 14.0 Å². The first-order valence-electron chi connectivity index (χ1n) is 6.33. The number of hydrogen-bond donors (Lipinski definition) is 3. The Balaban J connectivity index is 2.11. The molecule has 1 saturated carbocycles. The average Bonchev–Trinajstić information content (AvgIpc) is 2.34.